The van der Waals surface area contributed by atoms with Crippen molar-refractivity contribution in [3.8, 4) is 5.75 Å². The first-order chi connectivity index (χ1) is 14.0. The largest absolute Gasteiger partial charge is 0.490 e. The van der Waals surface area contributed by atoms with Crippen molar-refractivity contribution in [1.82, 2.24) is 15.0 Å². The Morgan fingerprint density at radius 1 is 1.21 bits per heavy atom. The van der Waals surface area contributed by atoms with Crippen LogP contribution in [0.5, 0.6) is 5.75 Å². The summed E-state index contributed by atoms with van der Waals surface area (Å²) in [5, 5.41) is 3.58. The van der Waals surface area contributed by atoms with Crippen LogP contribution in [0.4, 0.5) is 19.0 Å². The Kier molecular flexibility index (Phi) is 4.34. The number of anilines is 1. The van der Waals surface area contributed by atoms with Crippen molar-refractivity contribution in [3.63, 3.8) is 0 Å². The molecule has 1 aliphatic carbocycles. The summed E-state index contributed by atoms with van der Waals surface area (Å²) in [6.45, 7) is 1.01. The summed E-state index contributed by atoms with van der Waals surface area (Å²) in [5.41, 5.74) is 0.161. The van der Waals surface area contributed by atoms with E-state index in [-0.39, 0.29) is 23.2 Å². The summed E-state index contributed by atoms with van der Waals surface area (Å²) < 4.78 is 51.3. The fourth-order valence-electron chi connectivity index (χ4n) is 3.55. The Morgan fingerprint density at radius 3 is 2.83 bits per heavy atom. The molecule has 2 atom stereocenters. The van der Waals surface area contributed by atoms with Gasteiger partial charge < -0.3 is 19.8 Å². The van der Waals surface area contributed by atoms with Crippen LogP contribution in [-0.2, 0) is 10.9 Å². The van der Waals surface area contributed by atoms with Crippen LogP contribution in [0.1, 0.15) is 30.1 Å². The predicted molar refractivity (Wildman–Crippen MR) is 99.7 cm³/mol. The number of fused-ring (bicyclic) bond motifs is 2. The van der Waals surface area contributed by atoms with Crippen LogP contribution >= 0.6 is 0 Å². The number of H-pyrrole nitrogens is 1. The third kappa shape index (κ3) is 3.62. The molecule has 152 valence electrons. The molecule has 2 unspecified atom stereocenters. The molecule has 29 heavy (non-hydrogen) atoms. The van der Waals surface area contributed by atoms with Crippen LogP contribution in [0, 0.1) is 5.92 Å². The highest BCUT2D eigenvalue weighted by Crippen LogP contribution is 2.39. The Bertz CT molecular complexity index is 1030. The van der Waals surface area contributed by atoms with Gasteiger partial charge in [0.2, 0.25) is 0 Å². The molecule has 0 saturated heterocycles. The highest BCUT2D eigenvalue weighted by Gasteiger charge is 2.36. The van der Waals surface area contributed by atoms with Crippen molar-refractivity contribution >= 4 is 16.9 Å². The summed E-state index contributed by atoms with van der Waals surface area (Å²) in [6.07, 6.45) is -1.20. The summed E-state index contributed by atoms with van der Waals surface area (Å²) in [7, 11) is 0. The molecule has 1 saturated carbocycles. The smallest absolute Gasteiger partial charge is 0.431 e. The van der Waals surface area contributed by atoms with E-state index in [4.69, 9.17) is 9.47 Å². The number of aromatic nitrogens is 3. The van der Waals surface area contributed by atoms with Crippen LogP contribution < -0.4 is 10.1 Å². The van der Waals surface area contributed by atoms with Crippen LogP contribution in [0.15, 0.2) is 36.7 Å². The van der Waals surface area contributed by atoms with E-state index in [9.17, 15) is 13.2 Å². The van der Waals surface area contributed by atoms with E-state index in [2.05, 4.69) is 20.3 Å². The minimum atomic E-state index is -4.49. The van der Waals surface area contributed by atoms with Crippen molar-refractivity contribution < 1.29 is 22.6 Å². The lowest BCUT2D eigenvalue weighted by Gasteiger charge is -2.34. The molecule has 2 aromatic heterocycles. The summed E-state index contributed by atoms with van der Waals surface area (Å²) in [6, 6.07) is 8.30. The second kappa shape index (κ2) is 6.91. The molecule has 3 aromatic rings. The normalized spacial score (nSPS) is 21.6. The van der Waals surface area contributed by atoms with E-state index >= 15 is 0 Å². The topological polar surface area (TPSA) is 72.1 Å². The molecular formula is C20H19F3N4O2. The maximum Gasteiger partial charge on any atom is 0.431 e. The first-order valence-electron chi connectivity index (χ1n) is 9.50. The van der Waals surface area contributed by atoms with E-state index in [0.717, 1.165) is 17.4 Å². The van der Waals surface area contributed by atoms with Crippen LogP contribution in [-0.4, -0.2) is 34.3 Å². The fraction of sp³-hybridized carbons (Fsp3) is 0.400. The SMILES string of the molecule is FC(F)(F)c1cc2c(NC3c4ccccc4OCC3OCC3CC3)ncnc2[nH]1. The zero-order valence-electron chi connectivity index (χ0n) is 15.4. The zero-order valence-corrected chi connectivity index (χ0v) is 15.4. The van der Waals surface area contributed by atoms with Gasteiger partial charge in [-0.05, 0) is 30.9 Å². The average molecular weight is 404 g/mol. The summed E-state index contributed by atoms with van der Waals surface area (Å²) >= 11 is 0. The van der Waals surface area contributed by atoms with Crippen LogP contribution in [0.3, 0.4) is 0 Å². The van der Waals surface area contributed by atoms with Gasteiger partial charge in [-0.1, -0.05) is 18.2 Å². The number of hydrogen-bond donors (Lipinski definition) is 2. The van der Waals surface area contributed by atoms with Gasteiger partial charge in [0, 0.05) is 5.56 Å². The van der Waals surface area contributed by atoms with Gasteiger partial charge in [-0.15, -0.1) is 0 Å². The quantitative estimate of drug-likeness (QED) is 0.663. The molecule has 9 heteroatoms. The molecule has 1 fully saturated rings. The minimum Gasteiger partial charge on any atom is -0.490 e. The zero-order chi connectivity index (χ0) is 20.0. The lowest BCUT2D eigenvalue weighted by atomic mass is 9.98. The number of hydrogen-bond acceptors (Lipinski definition) is 5. The Labute approximate surface area is 164 Å². The van der Waals surface area contributed by atoms with Gasteiger partial charge in [0.15, 0.2) is 0 Å². The standard InChI is InChI=1S/C20H19F3N4O2/c21-20(22,23)16-7-13-18(26-16)24-10-25-19(13)27-17-12-3-1-2-4-14(12)29-9-15(17)28-8-11-5-6-11/h1-4,7,10-11,15,17H,5-6,8-9H2,(H2,24,25,26,27). The number of rotatable bonds is 5. The van der Waals surface area contributed by atoms with Crippen LogP contribution in [0.2, 0.25) is 0 Å². The van der Waals surface area contributed by atoms with Gasteiger partial charge in [-0.25, -0.2) is 9.97 Å². The van der Waals surface area contributed by atoms with Gasteiger partial charge in [0.05, 0.1) is 18.0 Å². The lowest BCUT2D eigenvalue weighted by molar-refractivity contribution is -0.140. The number of para-hydroxylation sites is 1. The molecule has 6 nitrogen and oxygen atoms in total. The Balaban J connectivity index is 1.50. The molecule has 0 spiro atoms. The van der Waals surface area contributed by atoms with E-state index in [1.54, 1.807) is 0 Å². The molecule has 0 radical (unpaired) electrons. The molecule has 5 rings (SSSR count). The number of aromatic amines is 1. The number of ether oxygens (including phenoxy) is 2. The van der Waals surface area contributed by atoms with Gasteiger partial charge in [0.1, 0.15) is 41.9 Å². The first kappa shape index (κ1) is 18.2. The van der Waals surface area contributed by atoms with Crippen molar-refractivity contribution in [2.45, 2.75) is 31.2 Å². The third-order valence-electron chi connectivity index (χ3n) is 5.30. The van der Waals surface area contributed by atoms with Crippen molar-refractivity contribution in [3.05, 3.63) is 47.9 Å². The lowest BCUT2D eigenvalue weighted by Crippen LogP contribution is -2.38. The number of nitrogens with zero attached hydrogens (tertiary/aromatic N) is 2. The number of benzene rings is 1. The molecule has 0 amide bonds. The Morgan fingerprint density at radius 2 is 2.03 bits per heavy atom. The number of halogens is 3. The van der Waals surface area contributed by atoms with Gasteiger partial charge >= 0.3 is 6.18 Å². The van der Waals surface area contributed by atoms with Crippen molar-refractivity contribution in [2.75, 3.05) is 18.5 Å². The number of nitrogens with one attached hydrogen (secondary N) is 2. The molecule has 1 aliphatic heterocycles. The molecule has 3 heterocycles. The second-order valence-electron chi connectivity index (χ2n) is 7.45. The van der Waals surface area contributed by atoms with E-state index in [1.165, 1.54) is 19.2 Å². The van der Waals surface area contributed by atoms with E-state index < -0.39 is 11.9 Å². The second-order valence-corrected chi connectivity index (χ2v) is 7.45. The highest BCUT2D eigenvalue weighted by molar-refractivity contribution is 5.88. The third-order valence-corrected chi connectivity index (χ3v) is 5.30. The molecule has 0 bridgehead atoms. The van der Waals surface area contributed by atoms with Gasteiger partial charge in [-0.3, -0.25) is 0 Å². The monoisotopic (exact) mass is 404 g/mol. The summed E-state index contributed by atoms with van der Waals surface area (Å²) in [4.78, 5) is 10.5. The average Bonchev–Trinajstić information content (AvgIpc) is 3.42. The molecule has 2 aliphatic rings. The van der Waals surface area contributed by atoms with Gasteiger partial charge in [-0.2, -0.15) is 13.2 Å². The maximum atomic E-state index is 13.1. The minimum absolute atomic E-state index is 0.130. The maximum absolute atomic E-state index is 13.1. The highest BCUT2D eigenvalue weighted by atomic mass is 19.4. The first-order valence-corrected chi connectivity index (χ1v) is 9.50. The number of alkyl halides is 3. The van der Waals surface area contributed by atoms with E-state index in [0.29, 0.717) is 24.9 Å². The Hall–Kier alpha value is -2.81. The molecular weight excluding hydrogens is 385 g/mol. The van der Waals surface area contributed by atoms with Crippen molar-refractivity contribution in [1.29, 1.82) is 0 Å². The van der Waals surface area contributed by atoms with Crippen LogP contribution in [0.25, 0.3) is 11.0 Å². The predicted octanol–water partition coefficient (Wildman–Crippen LogP) is 4.32. The molecule has 2 N–H and O–H groups in total. The van der Waals surface area contributed by atoms with Crippen molar-refractivity contribution in [2.24, 2.45) is 5.92 Å². The van der Waals surface area contributed by atoms with Gasteiger partial charge in [0.25, 0.3) is 0 Å². The van der Waals surface area contributed by atoms with E-state index in [1.807, 2.05) is 24.3 Å². The molecule has 1 aromatic carbocycles. The summed E-state index contributed by atoms with van der Waals surface area (Å²) in [5.74, 6) is 1.63. The fourth-order valence-corrected chi connectivity index (χ4v) is 3.55.